The van der Waals surface area contributed by atoms with Crippen LogP contribution in [0.4, 0.5) is 13.2 Å². The molecule has 1 aliphatic carbocycles. The molecule has 0 N–H and O–H groups in total. The van der Waals surface area contributed by atoms with Gasteiger partial charge in [-0.2, -0.15) is 5.26 Å². The van der Waals surface area contributed by atoms with E-state index in [1.807, 2.05) is 16.7 Å². The Morgan fingerprint density at radius 1 is 1.18 bits per heavy atom. The van der Waals surface area contributed by atoms with Crippen molar-refractivity contribution in [3.05, 3.63) is 53.5 Å². The summed E-state index contributed by atoms with van der Waals surface area (Å²) in [5.41, 5.74) is 1.94. The lowest BCUT2D eigenvalue weighted by Gasteiger charge is -2.34. The SMILES string of the molecule is N#Cc1c(C2=CC=CCN2C(CF)CF)n(C2CCCC2)c2c(F)cccc12. The predicted molar refractivity (Wildman–Crippen MR) is 104 cm³/mol. The molecule has 0 bridgehead atoms. The minimum Gasteiger partial charge on any atom is -0.358 e. The normalized spacial score (nSPS) is 17.5. The zero-order valence-electron chi connectivity index (χ0n) is 15.5. The van der Waals surface area contributed by atoms with Crippen molar-refractivity contribution in [3.8, 4) is 6.07 Å². The predicted octanol–water partition coefficient (Wildman–Crippen LogP) is 5.29. The van der Waals surface area contributed by atoms with Gasteiger partial charge in [0.2, 0.25) is 0 Å². The van der Waals surface area contributed by atoms with Gasteiger partial charge in [0.1, 0.15) is 25.2 Å². The molecule has 3 nitrogen and oxygen atoms in total. The second-order valence-electron chi connectivity index (χ2n) is 7.37. The Balaban J connectivity index is 2.01. The molecule has 0 unspecified atom stereocenters. The van der Waals surface area contributed by atoms with Crippen LogP contribution in [-0.4, -0.2) is 35.4 Å². The average Bonchev–Trinajstić information content (AvgIpc) is 3.35. The van der Waals surface area contributed by atoms with Crippen molar-refractivity contribution in [2.45, 2.75) is 37.8 Å². The fourth-order valence-corrected chi connectivity index (χ4v) is 4.51. The highest BCUT2D eigenvalue weighted by Gasteiger charge is 2.32. The number of nitrogens with zero attached hydrogens (tertiary/aromatic N) is 3. The smallest absolute Gasteiger partial charge is 0.147 e. The Hall–Kier alpha value is -2.68. The van der Waals surface area contributed by atoms with E-state index in [0.29, 0.717) is 34.4 Å². The van der Waals surface area contributed by atoms with E-state index in [9.17, 15) is 18.4 Å². The summed E-state index contributed by atoms with van der Waals surface area (Å²) in [7, 11) is 0. The first-order chi connectivity index (χ1) is 13.7. The number of hydrogen-bond donors (Lipinski definition) is 0. The van der Waals surface area contributed by atoms with Crippen molar-refractivity contribution in [1.29, 1.82) is 5.26 Å². The fraction of sp³-hybridized carbons (Fsp3) is 0.409. The summed E-state index contributed by atoms with van der Waals surface area (Å²) >= 11 is 0. The fourth-order valence-electron chi connectivity index (χ4n) is 4.51. The summed E-state index contributed by atoms with van der Waals surface area (Å²) in [5, 5.41) is 10.5. The van der Waals surface area contributed by atoms with Gasteiger partial charge in [-0.05, 0) is 25.0 Å². The molecule has 4 rings (SSSR count). The van der Waals surface area contributed by atoms with Gasteiger partial charge in [0.25, 0.3) is 0 Å². The Morgan fingerprint density at radius 3 is 2.61 bits per heavy atom. The molecule has 1 aromatic heterocycles. The minimum atomic E-state index is -0.928. The van der Waals surface area contributed by atoms with Gasteiger partial charge >= 0.3 is 0 Å². The third-order valence-corrected chi connectivity index (χ3v) is 5.82. The number of alkyl halides is 2. The molecule has 1 aliphatic heterocycles. The largest absolute Gasteiger partial charge is 0.358 e. The lowest BCUT2D eigenvalue weighted by molar-refractivity contribution is 0.211. The molecule has 2 aliphatic rings. The number of para-hydroxylation sites is 1. The van der Waals surface area contributed by atoms with Gasteiger partial charge in [-0.25, -0.2) is 13.2 Å². The molecule has 2 aromatic rings. The summed E-state index contributed by atoms with van der Waals surface area (Å²) < 4.78 is 43.8. The molecule has 0 radical (unpaired) electrons. The number of hydrogen-bond acceptors (Lipinski definition) is 2. The van der Waals surface area contributed by atoms with Crippen LogP contribution in [0.15, 0.2) is 36.4 Å². The van der Waals surface area contributed by atoms with E-state index < -0.39 is 19.4 Å². The molecule has 28 heavy (non-hydrogen) atoms. The molecule has 146 valence electrons. The van der Waals surface area contributed by atoms with E-state index in [0.717, 1.165) is 25.7 Å². The van der Waals surface area contributed by atoms with Crippen LogP contribution in [0.3, 0.4) is 0 Å². The lowest BCUT2D eigenvalue weighted by atomic mass is 10.1. The van der Waals surface area contributed by atoms with E-state index >= 15 is 0 Å². The van der Waals surface area contributed by atoms with Crippen molar-refractivity contribution in [2.75, 3.05) is 19.9 Å². The van der Waals surface area contributed by atoms with Crippen LogP contribution in [-0.2, 0) is 0 Å². The Morgan fingerprint density at radius 2 is 1.93 bits per heavy atom. The summed E-state index contributed by atoms with van der Waals surface area (Å²) in [6, 6.07) is 6.12. The Labute approximate surface area is 162 Å². The third kappa shape index (κ3) is 2.90. The van der Waals surface area contributed by atoms with Gasteiger partial charge in [0.15, 0.2) is 0 Å². The van der Waals surface area contributed by atoms with E-state index in [-0.39, 0.29) is 11.9 Å². The highest BCUT2D eigenvalue weighted by Crippen LogP contribution is 2.41. The van der Waals surface area contributed by atoms with Crippen molar-refractivity contribution in [1.82, 2.24) is 9.47 Å². The van der Waals surface area contributed by atoms with Gasteiger partial charge in [-0.15, -0.1) is 0 Å². The van der Waals surface area contributed by atoms with Gasteiger partial charge in [0.05, 0.1) is 28.5 Å². The van der Waals surface area contributed by atoms with E-state index in [2.05, 4.69) is 6.07 Å². The second kappa shape index (κ2) is 7.75. The number of fused-ring (bicyclic) bond motifs is 1. The Bertz CT molecular complexity index is 973. The minimum absolute atomic E-state index is 0.0689. The number of halogens is 3. The van der Waals surface area contributed by atoms with E-state index in [1.165, 1.54) is 6.07 Å². The molecule has 0 atom stereocenters. The molecule has 1 aromatic carbocycles. The molecule has 2 heterocycles. The monoisotopic (exact) mass is 385 g/mol. The average molecular weight is 385 g/mol. The van der Waals surface area contributed by atoms with Crippen molar-refractivity contribution in [3.63, 3.8) is 0 Å². The highest BCUT2D eigenvalue weighted by atomic mass is 19.1. The second-order valence-corrected chi connectivity index (χ2v) is 7.37. The number of nitriles is 1. The molecule has 1 fully saturated rings. The van der Waals surface area contributed by atoms with Crippen LogP contribution in [0.1, 0.15) is 43.0 Å². The van der Waals surface area contributed by atoms with Gasteiger partial charge in [-0.1, -0.05) is 37.1 Å². The van der Waals surface area contributed by atoms with Crippen molar-refractivity contribution >= 4 is 16.6 Å². The lowest BCUT2D eigenvalue weighted by Crippen LogP contribution is -2.39. The first kappa shape index (κ1) is 18.7. The van der Waals surface area contributed by atoms with Crippen LogP contribution in [0.5, 0.6) is 0 Å². The summed E-state index contributed by atoms with van der Waals surface area (Å²) in [4.78, 5) is 1.65. The molecule has 6 heteroatoms. The zero-order chi connectivity index (χ0) is 19.7. The molecular formula is C22H22F3N3. The van der Waals surface area contributed by atoms with Crippen molar-refractivity contribution in [2.24, 2.45) is 0 Å². The maximum atomic E-state index is 14.9. The summed E-state index contributed by atoms with van der Waals surface area (Å²) in [5.74, 6) is -0.377. The van der Waals surface area contributed by atoms with E-state index in [4.69, 9.17) is 0 Å². The standard InChI is InChI=1S/C22H22F3N3/c23-12-16(13-24)27-11-4-3-10-20(27)22-18(14-26)17-8-5-9-19(25)21(17)28(22)15-6-1-2-7-15/h3-5,8-10,15-16H,1-2,6-7,11-13H2. The number of rotatable bonds is 5. The number of aromatic nitrogens is 1. The molecule has 1 saturated carbocycles. The maximum absolute atomic E-state index is 14.9. The van der Waals surface area contributed by atoms with Gasteiger partial charge in [0, 0.05) is 18.0 Å². The molecule has 0 amide bonds. The van der Waals surface area contributed by atoms with Crippen LogP contribution >= 0.6 is 0 Å². The van der Waals surface area contributed by atoms with Crippen LogP contribution < -0.4 is 0 Å². The quantitative estimate of drug-likeness (QED) is 0.701. The first-order valence-electron chi connectivity index (χ1n) is 9.69. The molecule has 0 saturated heterocycles. The number of benzene rings is 1. The molecular weight excluding hydrogens is 363 g/mol. The van der Waals surface area contributed by atoms with Gasteiger partial charge in [-0.3, -0.25) is 0 Å². The van der Waals surface area contributed by atoms with Crippen LogP contribution in [0.25, 0.3) is 16.6 Å². The summed E-state index contributed by atoms with van der Waals surface area (Å²) in [6.07, 6.45) is 9.31. The first-order valence-corrected chi connectivity index (χ1v) is 9.69. The maximum Gasteiger partial charge on any atom is 0.147 e. The Kier molecular flexibility index (Phi) is 5.17. The van der Waals surface area contributed by atoms with Crippen LogP contribution in [0, 0.1) is 17.1 Å². The van der Waals surface area contributed by atoms with Crippen molar-refractivity contribution < 1.29 is 13.2 Å². The van der Waals surface area contributed by atoms with Crippen LogP contribution in [0.2, 0.25) is 0 Å². The highest BCUT2D eigenvalue weighted by molar-refractivity contribution is 5.93. The number of allylic oxidation sites excluding steroid dienone is 2. The third-order valence-electron chi connectivity index (χ3n) is 5.82. The summed E-state index contributed by atoms with van der Waals surface area (Å²) in [6.45, 7) is -1.31. The topological polar surface area (TPSA) is 32.0 Å². The zero-order valence-corrected chi connectivity index (χ0v) is 15.5. The van der Waals surface area contributed by atoms with Gasteiger partial charge < -0.3 is 9.47 Å². The molecule has 0 spiro atoms. The van der Waals surface area contributed by atoms with E-state index in [1.54, 1.807) is 23.1 Å².